The van der Waals surface area contributed by atoms with E-state index in [-0.39, 0.29) is 6.42 Å². The van der Waals surface area contributed by atoms with Crippen LogP contribution in [0.3, 0.4) is 0 Å². The number of ether oxygens (including phenoxy) is 1. The van der Waals surface area contributed by atoms with Gasteiger partial charge in [0.15, 0.2) is 0 Å². The minimum atomic E-state index is -0.736. The second-order valence-electron chi connectivity index (χ2n) is 3.71. The topological polar surface area (TPSA) is 58.6 Å². The average molecular weight is 237 g/mol. The van der Waals surface area contributed by atoms with Gasteiger partial charge in [0.05, 0.1) is 12.3 Å². The Kier molecular flexibility index (Phi) is 5.93. The van der Waals surface area contributed by atoms with Gasteiger partial charge < -0.3 is 15.2 Å². The van der Waals surface area contributed by atoms with Crippen LogP contribution in [0.25, 0.3) is 0 Å². The van der Waals surface area contributed by atoms with Crippen LogP contribution in [0.15, 0.2) is 24.3 Å². The number of unbranched alkanes of at least 4 members (excludes halogenated alkanes) is 1. The molecule has 0 aliphatic carbocycles. The van der Waals surface area contributed by atoms with E-state index >= 15 is 0 Å². The zero-order valence-electron chi connectivity index (χ0n) is 10.1. The maximum atomic E-state index is 10.3. The first-order valence-electron chi connectivity index (χ1n) is 5.91. The van der Waals surface area contributed by atoms with Crippen LogP contribution in [0.4, 0.5) is 5.69 Å². The lowest BCUT2D eigenvalue weighted by Gasteiger charge is -2.11. The summed E-state index contributed by atoms with van der Waals surface area (Å²) >= 11 is 0. The van der Waals surface area contributed by atoms with Crippen LogP contribution in [0.5, 0.6) is 5.75 Å². The monoisotopic (exact) mass is 237 g/mol. The van der Waals surface area contributed by atoms with Crippen LogP contribution >= 0.6 is 0 Å². The van der Waals surface area contributed by atoms with E-state index in [4.69, 9.17) is 9.84 Å². The zero-order valence-corrected chi connectivity index (χ0v) is 10.1. The maximum absolute atomic E-state index is 10.3. The number of aliphatic carboxylic acids is 1. The van der Waals surface area contributed by atoms with E-state index < -0.39 is 5.97 Å². The van der Waals surface area contributed by atoms with Gasteiger partial charge in [-0.2, -0.15) is 0 Å². The van der Waals surface area contributed by atoms with Crippen LogP contribution in [-0.4, -0.2) is 24.2 Å². The highest BCUT2D eigenvalue weighted by Gasteiger charge is 2.01. The Morgan fingerprint density at radius 2 is 2.12 bits per heavy atom. The molecule has 0 saturated heterocycles. The summed E-state index contributed by atoms with van der Waals surface area (Å²) in [5.41, 5.74) is 0.963. The molecule has 0 spiro atoms. The molecule has 0 aliphatic heterocycles. The Balaban J connectivity index is 2.33. The summed E-state index contributed by atoms with van der Waals surface area (Å²) in [6.45, 7) is 3.35. The number of rotatable bonds is 8. The smallest absolute Gasteiger partial charge is 0.303 e. The number of carboxylic acid groups (broad SMARTS) is 1. The number of nitrogens with one attached hydrogen (secondary N) is 1. The molecule has 0 aromatic heterocycles. The van der Waals surface area contributed by atoms with Crippen LogP contribution in [0.2, 0.25) is 0 Å². The lowest BCUT2D eigenvalue weighted by atomic mass is 10.2. The predicted molar refractivity (Wildman–Crippen MR) is 67.6 cm³/mol. The van der Waals surface area contributed by atoms with Gasteiger partial charge in [-0.15, -0.1) is 0 Å². The lowest BCUT2D eigenvalue weighted by Crippen LogP contribution is -2.05. The zero-order chi connectivity index (χ0) is 12.5. The number of benzene rings is 1. The highest BCUT2D eigenvalue weighted by molar-refractivity contribution is 5.66. The minimum Gasteiger partial charge on any atom is -0.492 e. The van der Waals surface area contributed by atoms with Crippen molar-refractivity contribution in [2.75, 3.05) is 18.5 Å². The van der Waals surface area contributed by atoms with E-state index in [9.17, 15) is 4.79 Å². The van der Waals surface area contributed by atoms with E-state index in [2.05, 4.69) is 5.32 Å². The van der Waals surface area contributed by atoms with Gasteiger partial charge >= 0.3 is 5.97 Å². The predicted octanol–water partition coefficient (Wildman–Crippen LogP) is 2.75. The Hall–Kier alpha value is -1.71. The largest absolute Gasteiger partial charge is 0.492 e. The van der Waals surface area contributed by atoms with Gasteiger partial charge in [-0.25, -0.2) is 0 Å². The molecular formula is C13H19NO3. The molecule has 17 heavy (non-hydrogen) atoms. The molecule has 0 bridgehead atoms. The van der Waals surface area contributed by atoms with Gasteiger partial charge in [-0.1, -0.05) is 12.1 Å². The number of carbonyl (C=O) groups is 1. The van der Waals surface area contributed by atoms with Crippen LogP contribution in [0.1, 0.15) is 26.2 Å². The third kappa shape index (κ3) is 5.24. The van der Waals surface area contributed by atoms with E-state index in [1.165, 1.54) is 0 Å². The third-order valence-corrected chi connectivity index (χ3v) is 2.32. The normalized spacial score (nSPS) is 9.94. The first-order chi connectivity index (χ1) is 8.24. The van der Waals surface area contributed by atoms with Crippen molar-refractivity contribution in [1.29, 1.82) is 0 Å². The van der Waals surface area contributed by atoms with Crippen LogP contribution in [-0.2, 0) is 4.79 Å². The van der Waals surface area contributed by atoms with Crippen molar-refractivity contribution in [2.45, 2.75) is 26.2 Å². The molecular weight excluding hydrogens is 218 g/mol. The second-order valence-corrected chi connectivity index (χ2v) is 3.71. The Labute approximate surface area is 102 Å². The minimum absolute atomic E-state index is 0.231. The van der Waals surface area contributed by atoms with Crippen molar-refractivity contribution in [3.8, 4) is 5.75 Å². The van der Waals surface area contributed by atoms with Crippen molar-refractivity contribution in [1.82, 2.24) is 0 Å². The van der Waals surface area contributed by atoms with Crippen molar-refractivity contribution >= 4 is 11.7 Å². The van der Waals surface area contributed by atoms with E-state index in [0.717, 1.165) is 24.4 Å². The number of carboxylic acids is 1. The van der Waals surface area contributed by atoms with Crippen molar-refractivity contribution in [3.05, 3.63) is 24.3 Å². The quantitative estimate of drug-likeness (QED) is 0.682. The van der Waals surface area contributed by atoms with Gasteiger partial charge in [0, 0.05) is 13.0 Å². The first-order valence-corrected chi connectivity index (χ1v) is 5.91. The Morgan fingerprint density at radius 1 is 1.35 bits per heavy atom. The van der Waals surface area contributed by atoms with Crippen molar-refractivity contribution < 1.29 is 14.6 Å². The molecule has 0 fully saturated rings. The summed E-state index contributed by atoms with van der Waals surface area (Å²) in [4.78, 5) is 10.3. The highest BCUT2D eigenvalue weighted by Crippen LogP contribution is 2.23. The van der Waals surface area contributed by atoms with E-state index in [1.54, 1.807) is 0 Å². The molecule has 0 atom stereocenters. The Morgan fingerprint density at radius 3 is 2.82 bits per heavy atom. The number of anilines is 1. The van der Waals surface area contributed by atoms with Crippen molar-refractivity contribution in [3.63, 3.8) is 0 Å². The summed E-state index contributed by atoms with van der Waals surface area (Å²) in [5, 5.41) is 11.8. The summed E-state index contributed by atoms with van der Waals surface area (Å²) in [6, 6.07) is 7.76. The average Bonchev–Trinajstić information content (AvgIpc) is 2.31. The summed E-state index contributed by atoms with van der Waals surface area (Å²) in [7, 11) is 0. The third-order valence-electron chi connectivity index (χ3n) is 2.32. The molecule has 0 aliphatic rings. The molecule has 4 nitrogen and oxygen atoms in total. The maximum Gasteiger partial charge on any atom is 0.303 e. The van der Waals surface area contributed by atoms with Crippen LogP contribution < -0.4 is 10.1 Å². The molecule has 4 heteroatoms. The van der Waals surface area contributed by atoms with Gasteiger partial charge in [-0.3, -0.25) is 4.79 Å². The molecule has 0 unspecified atom stereocenters. The number of hydrogen-bond donors (Lipinski definition) is 2. The molecule has 0 saturated carbocycles. The summed E-state index contributed by atoms with van der Waals surface area (Å²) in [5.74, 6) is 0.105. The molecule has 0 heterocycles. The fraction of sp³-hybridized carbons (Fsp3) is 0.462. The molecule has 2 N–H and O–H groups in total. The number of hydrogen-bond acceptors (Lipinski definition) is 3. The SMILES string of the molecule is CCOc1ccccc1NCCCCC(=O)O. The van der Waals surface area contributed by atoms with Gasteiger partial charge in [0.1, 0.15) is 5.75 Å². The lowest BCUT2D eigenvalue weighted by molar-refractivity contribution is -0.137. The van der Waals surface area contributed by atoms with E-state index in [0.29, 0.717) is 13.0 Å². The molecule has 1 rings (SSSR count). The van der Waals surface area contributed by atoms with Gasteiger partial charge in [0.25, 0.3) is 0 Å². The van der Waals surface area contributed by atoms with Crippen molar-refractivity contribution in [2.24, 2.45) is 0 Å². The molecule has 0 amide bonds. The number of para-hydroxylation sites is 2. The van der Waals surface area contributed by atoms with Crippen LogP contribution in [0, 0.1) is 0 Å². The fourth-order valence-electron chi connectivity index (χ4n) is 1.52. The summed E-state index contributed by atoms with van der Waals surface area (Å²) in [6.07, 6.45) is 1.76. The van der Waals surface area contributed by atoms with Gasteiger partial charge in [-0.05, 0) is 31.9 Å². The molecule has 0 radical (unpaired) electrons. The Bertz CT molecular complexity index is 352. The molecule has 94 valence electrons. The molecule has 1 aromatic carbocycles. The van der Waals surface area contributed by atoms with E-state index in [1.807, 2.05) is 31.2 Å². The summed E-state index contributed by atoms with van der Waals surface area (Å²) < 4.78 is 5.48. The first kappa shape index (κ1) is 13.4. The second kappa shape index (κ2) is 7.54. The highest BCUT2D eigenvalue weighted by atomic mass is 16.5. The fourth-order valence-corrected chi connectivity index (χ4v) is 1.52. The molecule has 1 aromatic rings. The van der Waals surface area contributed by atoms with Gasteiger partial charge in [0.2, 0.25) is 0 Å². The standard InChI is InChI=1S/C13H19NO3/c1-2-17-12-8-4-3-7-11(12)14-10-6-5-9-13(15)16/h3-4,7-8,14H,2,5-6,9-10H2,1H3,(H,15,16).